The molecule has 0 spiro atoms. The van der Waals surface area contributed by atoms with Crippen LogP contribution in [0.15, 0.2) is 22.7 Å². The molecule has 1 aromatic heterocycles. The van der Waals surface area contributed by atoms with Crippen LogP contribution in [0.4, 0.5) is 0 Å². The van der Waals surface area contributed by atoms with Gasteiger partial charge in [0.25, 0.3) is 0 Å². The summed E-state index contributed by atoms with van der Waals surface area (Å²) in [7, 11) is 0. The third-order valence-corrected chi connectivity index (χ3v) is 5.16. The van der Waals surface area contributed by atoms with Crippen molar-refractivity contribution in [2.45, 2.75) is 56.9 Å². The van der Waals surface area contributed by atoms with Crippen molar-refractivity contribution >= 4 is 38.6 Å². The molecule has 1 saturated carbocycles. The van der Waals surface area contributed by atoms with Gasteiger partial charge in [0.05, 0.1) is 16.4 Å². The first-order valence-electron chi connectivity index (χ1n) is 7.34. The molecule has 4 heteroatoms. The Morgan fingerprint density at radius 3 is 2.65 bits per heavy atom. The number of rotatable bonds is 2. The van der Waals surface area contributed by atoms with Crippen LogP contribution in [0.3, 0.4) is 0 Å². The minimum atomic E-state index is -0.0695. The number of hydrogen-bond donors (Lipinski definition) is 0. The molecule has 1 unspecified atom stereocenters. The van der Waals surface area contributed by atoms with Crippen LogP contribution in [-0.4, -0.2) is 9.55 Å². The zero-order valence-corrected chi connectivity index (χ0v) is 14.3. The minimum absolute atomic E-state index is 0.0695. The van der Waals surface area contributed by atoms with E-state index in [9.17, 15) is 0 Å². The molecule has 2 aromatic rings. The Morgan fingerprint density at radius 1 is 1.30 bits per heavy atom. The van der Waals surface area contributed by atoms with E-state index in [4.69, 9.17) is 16.6 Å². The maximum atomic E-state index is 6.41. The predicted molar refractivity (Wildman–Crippen MR) is 88.4 cm³/mol. The zero-order valence-electron chi connectivity index (χ0n) is 12.0. The summed E-state index contributed by atoms with van der Waals surface area (Å²) in [6.07, 6.45) is 6.36. The quantitative estimate of drug-likeness (QED) is 0.624. The average Bonchev–Trinajstić information content (AvgIpc) is 2.79. The van der Waals surface area contributed by atoms with Crippen molar-refractivity contribution in [2.24, 2.45) is 0 Å². The van der Waals surface area contributed by atoms with Crippen LogP contribution in [0.25, 0.3) is 11.0 Å². The van der Waals surface area contributed by atoms with Crippen LogP contribution >= 0.6 is 27.5 Å². The van der Waals surface area contributed by atoms with Crippen molar-refractivity contribution < 1.29 is 0 Å². The lowest BCUT2D eigenvalue weighted by atomic mass is 9.82. The standard InChI is InChI=1S/C16H20BrClN2/c1-11(18)15-19-13-10-12(17)6-7-14(13)20(15)16(2)8-4-3-5-9-16/h6-7,10-11H,3-5,8-9H2,1-2H3. The molecule has 0 radical (unpaired) electrons. The van der Waals surface area contributed by atoms with E-state index in [0.717, 1.165) is 15.8 Å². The monoisotopic (exact) mass is 354 g/mol. The van der Waals surface area contributed by atoms with Gasteiger partial charge in [0, 0.05) is 10.0 Å². The highest BCUT2D eigenvalue weighted by Gasteiger charge is 2.33. The molecule has 1 aromatic carbocycles. The first kappa shape index (κ1) is 14.4. The van der Waals surface area contributed by atoms with Gasteiger partial charge in [-0.15, -0.1) is 11.6 Å². The van der Waals surface area contributed by atoms with E-state index in [1.165, 1.54) is 37.6 Å². The summed E-state index contributed by atoms with van der Waals surface area (Å²) in [6, 6.07) is 6.34. The van der Waals surface area contributed by atoms with Crippen molar-refractivity contribution in [3.8, 4) is 0 Å². The van der Waals surface area contributed by atoms with Crippen molar-refractivity contribution in [3.63, 3.8) is 0 Å². The fourth-order valence-corrected chi connectivity index (χ4v) is 3.94. The first-order valence-corrected chi connectivity index (χ1v) is 8.57. The Labute approximate surface area is 133 Å². The number of alkyl halides is 1. The third kappa shape index (κ3) is 2.39. The van der Waals surface area contributed by atoms with Gasteiger partial charge < -0.3 is 4.57 Å². The summed E-state index contributed by atoms with van der Waals surface area (Å²) in [5.41, 5.74) is 2.40. The number of aromatic nitrogens is 2. The van der Waals surface area contributed by atoms with Gasteiger partial charge in [-0.25, -0.2) is 4.98 Å². The highest BCUT2D eigenvalue weighted by molar-refractivity contribution is 9.10. The average molecular weight is 356 g/mol. The summed E-state index contributed by atoms with van der Waals surface area (Å²) < 4.78 is 3.48. The van der Waals surface area contributed by atoms with Gasteiger partial charge in [-0.1, -0.05) is 35.2 Å². The van der Waals surface area contributed by atoms with Gasteiger partial charge in [-0.3, -0.25) is 0 Å². The fourth-order valence-electron chi connectivity index (χ4n) is 3.44. The number of hydrogen-bond acceptors (Lipinski definition) is 1. The molecule has 1 heterocycles. The fraction of sp³-hybridized carbons (Fsp3) is 0.562. The second-order valence-electron chi connectivity index (χ2n) is 6.11. The molecule has 0 saturated heterocycles. The van der Waals surface area contributed by atoms with E-state index >= 15 is 0 Å². The normalized spacial score (nSPS) is 20.2. The zero-order chi connectivity index (χ0) is 14.3. The molecule has 3 rings (SSSR count). The van der Waals surface area contributed by atoms with Crippen LogP contribution in [-0.2, 0) is 5.54 Å². The molecular weight excluding hydrogens is 336 g/mol. The molecule has 1 aliphatic carbocycles. The summed E-state index contributed by atoms with van der Waals surface area (Å²) in [6.45, 7) is 4.37. The lowest BCUT2D eigenvalue weighted by Crippen LogP contribution is -2.34. The second-order valence-corrected chi connectivity index (χ2v) is 7.68. The Bertz CT molecular complexity index is 627. The Balaban J connectivity index is 2.23. The van der Waals surface area contributed by atoms with Gasteiger partial charge in [0.2, 0.25) is 0 Å². The van der Waals surface area contributed by atoms with E-state index < -0.39 is 0 Å². The molecule has 0 aliphatic heterocycles. The number of imidazole rings is 1. The molecule has 1 atom stereocenters. The SMILES string of the molecule is CC(Cl)c1nc2cc(Br)ccc2n1C1(C)CCCCC1. The lowest BCUT2D eigenvalue weighted by Gasteiger charge is -2.37. The topological polar surface area (TPSA) is 17.8 Å². The first-order chi connectivity index (χ1) is 9.51. The second kappa shape index (κ2) is 5.34. The largest absolute Gasteiger partial charge is 0.321 e. The van der Waals surface area contributed by atoms with Gasteiger partial charge in [-0.2, -0.15) is 0 Å². The van der Waals surface area contributed by atoms with Crippen LogP contribution in [0.5, 0.6) is 0 Å². The smallest absolute Gasteiger partial charge is 0.128 e. The molecule has 0 bridgehead atoms. The van der Waals surface area contributed by atoms with Crippen LogP contribution in [0, 0.1) is 0 Å². The Kier molecular flexibility index (Phi) is 3.85. The highest BCUT2D eigenvalue weighted by Crippen LogP contribution is 2.40. The molecule has 108 valence electrons. The third-order valence-electron chi connectivity index (χ3n) is 4.47. The summed E-state index contributed by atoms with van der Waals surface area (Å²) in [5.74, 6) is 1.00. The molecule has 20 heavy (non-hydrogen) atoms. The molecular formula is C16H20BrClN2. The van der Waals surface area contributed by atoms with Crippen LogP contribution < -0.4 is 0 Å². The van der Waals surface area contributed by atoms with Gasteiger partial charge in [-0.05, 0) is 44.9 Å². The van der Waals surface area contributed by atoms with Gasteiger partial charge in [0.15, 0.2) is 0 Å². The van der Waals surface area contributed by atoms with E-state index in [-0.39, 0.29) is 10.9 Å². The summed E-state index contributed by atoms with van der Waals surface area (Å²) in [5, 5.41) is -0.0695. The van der Waals surface area contributed by atoms with E-state index in [2.05, 4.69) is 45.6 Å². The van der Waals surface area contributed by atoms with E-state index in [1.54, 1.807) is 0 Å². The van der Waals surface area contributed by atoms with E-state index in [0.29, 0.717) is 0 Å². The van der Waals surface area contributed by atoms with Crippen molar-refractivity contribution in [2.75, 3.05) is 0 Å². The van der Waals surface area contributed by atoms with Crippen LogP contribution in [0.1, 0.15) is 57.2 Å². The molecule has 1 aliphatic rings. The Morgan fingerprint density at radius 2 is 2.00 bits per heavy atom. The molecule has 2 nitrogen and oxygen atoms in total. The van der Waals surface area contributed by atoms with Gasteiger partial charge in [0.1, 0.15) is 5.82 Å². The molecule has 0 amide bonds. The van der Waals surface area contributed by atoms with Crippen molar-refractivity contribution in [1.29, 1.82) is 0 Å². The lowest BCUT2D eigenvalue weighted by molar-refractivity contribution is 0.219. The maximum absolute atomic E-state index is 6.41. The summed E-state index contributed by atoms with van der Waals surface area (Å²) in [4.78, 5) is 4.79. The number of halogens is 2. The van der Waals surface area contributed by atoms with Crippen LogP contribution in [0.2, 0.25) is 0 Å². The Hall–Kier alpha value is -0.540. The summed E-state index contributed by atoms with van der Waals surface area (Å²) >= 11 is 9.94. The number of fused-ring (bicyclic) bond motifs is 1. The van der Waals surface area contributed by atoms with E-state index in [1.807, 2.05) is 6.92 Å². The number of benzene rings is 1. The number of nitrogens with zero attached hydrogens (tertiary/aromatic N) is 2. The maximum Gasteiger partial charge on any atom is 0.128 e. The molecule has 0 N–H and O–H groups in total. The van der Waals surface area contributed by atoms with Crippen molar-refractivity contribution in [1.82, 2.24) is 9.55 Å². The highest BCUT2D eigenvalue weighted by atomic mass is 79.9. The predicted octanol–water partition coefficient (Wildman–Crippen LogP) is 5.78. The van der Waals surface area contributed by atoms with Crippen molar-refractivity contribution in [3.05, 3.63) is 28.5 Å². The minimum Gasteiger partial charge on any atom is -0.321 e. The van der Waals surface area contributed by atoms with Gasteiger partial charge >= 0.3 is 0 Å². The molecule has 1 fully saturated rings.